The molecule has 2 N–H and O–H groups in total. The van der Waals surface area contributed by atoms with Gasteiger partial charge in [0.1, 0.15) is 0 Å². The van der Waals surface area contributed by atoms with Crippen LogP contribution in [0.5, 0.6) is 0 Å². The lowest BCUT2D eigenvalue weighted by molar-refractivity contribution is -0.139. The van der Waals surface area contributed by atoms with Crippen molar-refractivity contribution >= 4 is 11.8 Å². The molecule has 27 heavy (non-hydrogen) atoms. The minimum Gasteiger partial charge on any atom is -0.396 e. The van der Waals surface area contributed by atoms with Gasteiger partial charge in [-0.2, -0.15) is 0 Å². The van der Waals surface area contributed by atoms with Crippen LogP contribution in [-0.4, -0.2) is 66.1 Å². The molecule has 0 saturated carbocycles. The maximum atomic E-state index is 12.2. The summed E-state index contributed by atoms with van der Waals surface area (Å²) >= 11 is 0. The number of rotatable bonds is 7. The second-order valence-electron chi connectivity index (χ2n) is 7.93. The number of hydrogen-bond donors (Lipinski definition) is 2. The van der Waals surface area contributed by atoms with Crippen LogP contribution in [0.15, 0.2) is 30.3 Å². The van der Waals surface area contributed by atoms with Crippen LogP contribution in [-0.2, 0) is 16.1 Å². The summed E-state index contributed by atoms with van der Waals surface area (Å²) in [5, 5.41) is 12.0. The number of carbonyl (C=O) groups is 2. The Morgan fingerprint density at radius 2 is 1.89 bits per heavy atom. The first-order chi connectivity index (χ1) is 13.1. The van der Waals surface area contributed by atoms with Crippen molar-refractivity contribution in [3.8, 4) is 0 Å². The van der Waals surface area contributed by atoms with Gasteiger partial charge in [0.25, 0.3) is 0 Å². The summed E-state index contributed by atoms with van der Waals surface area (Å²) in [5.41, 5.74) is 1.30. The van der Waals surface area contributed by atoms with Gasteiger partial charge in [-0.15, -0.1) is 0 Å². The fourth-order valence-corrected chi connectivity index (χ4v) is 4.22. The van der Waals surface area contributed by atoms with Gasteiger partial charge in [-0.3, -0.25) is 14.5 Å². The SMILES string of the molecule is O=C(CN1CCC2(CCC(=O)N(CCCO)C2)CC1)NCc1ccccc1. The van der Waals surface area contributed by atoms with Crippen molar-refractivity contribution in [2.75, 3.05) is 39.3 Å². The summed E-state index contributed by atoms with van der Waals surface area (Å²) in [6, 6.07) is 9.95. The van der Waals surface area contributed by atoms with Gasteiger partial charge >= 0.3 is 0 Å². The Labute approximate surface area is 161 Å². The highest BCUT2D eigenvalue weighted by Crippen LogP contribution is 2.40. The quantitative estimate of drug-likeness (QED) is 0.758. The summed E-state index contributed by atoms with van der Waals surface area (Å²) in [5.74, 6) is 0.287. The molecule has 1 spiro atoms. The topological polar surface area (TPSA) is 72.9 Å². The third kappa shape index (κ3) is 5.53. The third-order valence-electron chi connectivity index (χ3n) is 5.95. The Morgan fingerprint density at radius 1 is 1.15 bits per heavy atom. The van der Waals surface area contributed by atoms with E-state index in [9.17, 15) is 9.59 Å². The molecule has 2 aliphatic heterocycles. The number of hydrogen-bond acceptors (Lipinski definition) is 4. The predicted molar refractivity (Wildman–Crippen MR) is 104 cm³/mol. The second-order valence-corrected chi connectivity index (χ2v) is 7.93. The molecule has 2 aliphatic rings. The summed E-state index contributed by atoms with van der Waals surface area (Å²) in [7, 11) is 0. The minimum absolute atomic E-state index is 0.0678. The minimum atomic E-state index is 0.0678. The predicted octanol–water partition coefficient (Wildman–Crippen LogP) is 1.39. The first kappa shape index (κ1) is 19.8. The largest absolute Gasteiger partial charge is 0.396 e. The van der Waals surface area contributed by atoms with Crippen LogP contribution in [0.2, 0.25) is 0 Å². The Bertz CT molecular complexity index is 627. The van der Waals surface area contributed by atoms with Crippen LogP contribution < -0.4 is 5.32 Å². The zero-order valence-corrected chi connectivity index (χ0v) is 16.0. The summed E-state index contributed by atoms with van der Waals surface area (Å²) in [4.78, 5) is 28.5. The van der Waals surface area contributed by atoms with Crippen LogP contribution in [0.1, 0.15) is 37.7 Å². The van der Waals surface area contributed by atoms with Crippen LogP contribution in [0.3, 0.4) is 0 Å². The standard InChI is InChI=1S/C21H31N3O3/c25-14-4-11-24-17-21(8-7-20(24)27)9-12-23(13-10-21)16-19(26)22-15-18-5-2-1-3-6-18/h1-3,5-6,25H,4,7-17H2,(H,22,26). The van der Waals surface area contributed by atoms with Crippen LogP contribution in [0.4, 0.5) is 0 Å². The molecular weight excluding hydrogens is 342 g/mol. The number of likely N-dealkylation sites (tertiary alicyclic amines) is 2. The van der Waals surface area contributed by atoms with Crippen LogP contribution in [0, 0.1) is 5.41 Å². The van der Waals surface area contributed by atoms with E-state index in [2.05, 4.69) is 10.2 Å². The van der Waals surface area contributed by atoms with E-state index in [0.29, 0.717) is 32.5 Å². The second kappa shape index (κ2) is 9.33. The first-order valence-electron chi connectivity index (χ1n) is 10.0. The molecule has 148 valence electrons. The number of nitrogens with one attached hydrogen (secondary N) is 1. The zero-order chi connectivity index (χ0) is 19.1. The number of aliphatic hydroxyl groups excluding tert-OH is 1. The molecule has 0 aromatic heterocycles. The molecule has 0 aliphatic carbocycles. The van der Waals surface area contributed by atoms with Crippen molar-refractivity contribution in [2.24, 2.45) is 5.41 Å². The molecule has 6 nitrogen and oxygen atoms in total. The zero-order valence-electron chi connectivity index (χ0n) is 16.0. The van der Waals surface area contributed by atoms with Gasteiger partial charge in [0.05, 0.1) is 6.54 Å². The Kier molecular flexibility index (Phi) is 6.85. The van der Waals surface area contributed by atoms with Crippen molar-refractivity contribution in [3.63, 3.8) is 0 Å². The monoisotopic (exact) mass is 373 g/mol. The molecule has 0 atom stereocenters. The molecule has 1 aromatic rings. The van der Waals surface area contributed by atoms with Gasteiger partial charge in [0.2, 0.25) is 11.8 Å². The van der Waals surface area contributed by atoms with Crippen molar-refractivity contribution in [1.29, 1.82) is 0 Å². The third-order valence-corrected chi connectivity index (χ3v) is 5.95. The van der Waals surface area contributed by atoms with E-state index in [1.807, 2.05) is 35.2 Å². The maximum absolute atomic E-state index is 12.2. The van der Waals surface area contributed by atoms with E-state index in [1.165, 1.54) is 0 Å². The van der Waals surface area contributed by atoms with E-state index >= 15 is 0 Å². The number of amides is 2. The summed E-state index contributed by atoms with van der Waals surface area (Å²) < 4.78 is 0. The van der Waals surface area contributed by atoms with Gasteiger partial charge < -0.3 is 15.3 Å². The van der Waals surface area contributed by atoms with Gasteiger partial charge in [-0.1, -0.05) is 30.3 Å². The summed E-state index contributed by atoms with van der Waals surface area (Å²) in [6.07, 6.45) is 4.28. The average molecular weight is 373 g/mol. The smallest absolute Gasteiger partial charge is 0.234 e. The van der Waals surface area contributed by atoms with E-state index in [4.69, 9.17) is 5.11 Å². The normalized spacial score (nSPS) is 20.0. The molecule has 2 heterocycles. The van der Waals surface area contributed by atoms with E-state index in [0.717, 1.165) is 44.5 Å². The number of nitrogens with zero attached hydrogens (tertiary/aromatic N) is 2. The van der Waals surface area contributed by atoms with Crippen molar-refractivity contribution in [1.82, 2.24) is 15.1 Å². The highest BCUT2D eigenvalue weighted by Gasteiger charge is 2.40. The molecular formula is C21H31N3O3. The molecule has 3 rings (SSSR count). The van der Waals surface area contributed by atoms with Gasteiger partial charge in [0.15, 0.2) is 0 Å². The molecule has 0 bridgehead atoms. The summed E-state index contributed by atoms with van der Waals surface area (Å²) in [6.45, 7) is 4.41. The van der Waals surface area contributed by atoms with Gasteiger partial charge in [-0.25, -0.2) is 0 Å². The van der Waals surface area contributed by atoms with Gasteiger partial charge in [0, 0.05) is 32.7 Å². The van der Waals surface area contributed by atoms with E-state index < -0.39 is 0 Å². The molecule has 1 aromatic carbocycles. The fraction of sp³-hybridized carbons (Fsp3) is 0.619. The molecule has 2 fully saturated rings. The molecule has 2 saturated heterocycles. The van der Waals surface area contributed by atoms with Gasteiger partial charge in [-0.05, 0) is 49.8 Å². The van der Waals surface area contributed by atoms with Crippen molar-refractivity contribution < 1.29 is 14.7 Å². The number of piperidine rings is 2. The molecule has 0 unspecified atom stereocenters. The Morgan fingerprint density at radius 3 is 2.59 bits per heavy atom. The lowest BCUT2D eigenvalue weighted by Crippen LogP contribution is -2.52. The molecule has 6 heteroatoms. The molecule has 0 radical (unpaired) electrons. The Balaban J connectivity index is 1.43. The van der Waals surface area contributed by atoms with Crippen LogP contribution in [0.25, 0.3) is 0 Å². The van der Waals surface area contributed by atoms with E-state index in [1.54, 1.807) is 0 Å². The highest BCUT2D eigenvalue weighted by atomic mass is 16.3. The van der Waals surface area contributed by atoms with Crippen molar-refractivity contribution in [2.45, 2.75) is 38.6 Å². The number of aliphatic hydroxyl groups is 1. The maximum Gasteiger partial charge on any atom is 0.234 e. The highest BCUT2D eigenvalue weighted by molar-refractivity contribution is 5.78. The lowest BCUT2D eigenvalue weighted by atomic mass is 9.72. The Hall–Kier alpha value is -1.92. The van der Waals surface area contributed by atoms with Crippen molar-refractivity contribution in [3.05, 3.63) is 35.9 Å². The number of benzene rings is 1. The molecule has 2 amide bonds. The first-order valence-corrected chi connectivity index (χ1v) is 10.0. The van der Waals surface area contributed by atoms with Crippen LogP contribution >= 0.6 is 0 Å². The fourth-order valence-electron chi connectivity index (χ4n) is 4.22. The number of carbonyl (C=O) groups excluding carboxylic acids is 2. The van der Waals surface area contributed by atoms with E-state index in [-0.39, 0.29) is 23.8 Å². The average Bonchev–Trinajstić information content (AvgIpc) is 2.70. The lowest BCUT2D eigenvalue weighted by Gasteiger charge is -2.47.